The van der Waals surface area contributed by atoms with Gasteiger partial charge in [-0.1, -0.05) is 24.3 Å². The van der Waals surface area contributed by atoms with Crippen LogP contribution < -0.4 is 10.3 Å². The summed E-state index contributed by atoms with van der Waals surface area (Å²) in [5.74, 6) is -6.28. The molecule has 0 aliphatic carbocycles. The van der Waals surface area contributed by atoms with Crippen LogP contribution in [0.3, 0.4) is 0 Å². The molecule has 1 amide bonds. The molecule has 0 saturated carbocycles. The lowest BCUT2D eigenvalue weighted by Crippen LogP contribution is -2.42. The Morgan fingerprint density at radius 3 is 2.42 bits per heavy atom. The summed E-state index contributed by atoms with van der Waals surface area (Å²) in [6.45, 7) is 0. The van der Waals surface area contributed by atoms with Crippen LogP contribution >= 0.6 is 0 Å². The molecule has 2 aromatic carbocycles. The average molecular weight is 381 g/mol. The minimum absolute atomic E-state index is 0.0999. The SMILES string of the molecule is O=C(NNS(=O)(=O)c1ccc(F)c(F)c1F)c1ccc2ccccc2n1. The standard InChI is InChI=1S/C16H10F3N3O3S/c17-10-6-8-13(15(19)14(10)18)26(24,25)22-21-16(23)12-7-5-9-3-1-2-4-11(9)20-12/h1-8,22H,(H,21,23). The summed E-state index contributed by atoms with van der Waals surface area (Å²) in [7, 11) is -4.67. The highest BCUT2D eigenvalue weighted by Gasteiger charge is 2.24. The second-order valence-corrected chi connectivity index (χ2v) is 6.77. The number of nitrogens with zero attached hydrogens (tertiary/aromatic N) is 1. The molecule has 2 N–H and O–H groups in total. The molecule has 1 heterocycles. The first-order valence-corrected chi connectivity index (χ1v) is 8.59. The lowest BCUT2D eigenvalue weighted by Gasteiger charge is -2.09. The Morgan fingerprint density at radius 2 is 1.65 bits per heavy atom. The summed E-state index contributed by atoms with van der Waals surface area (Å²) in [5, 5.41) is 0.772. The molecule has 6 nitrogen and oxygen atoms in total. The zero-order chi connectivity index (χ0) is 18.9. The van der Waals surface area contributed by atoms with Crippen molar-refractivity contribution in [1.82, 2.24) is 15.2 Å². The zero-order valence-corrected chi connectivity index (χ0v) is 13.6. The van der Waals surface area contributed by atoms with E-state index in [0.717, 1.165) is 5.39 Å². The smallest absolute Gasteiger partial charge is 0.272 e. The molecule has 0 atom stereocenters. The van der Waals surface area contributed by atoms with Crippen molar-refractivity contribution in [2.24, 2.45) is 0 Å². The zero-order valence-electron chi connectivity index (χ0n) is 12.8. The molecule has 0 fully saturated rings. The summed E-state index contributed by atoms with van der Waals surface area (Å²) in [4.78, 5) is 16.6. The van der Waals surface area contributed by atoms with Crippen molar-refractivity contribution in [1.29, 1.82) is 0 Å². The van der Waals surface area contributed by atoms with Crippen molar-refractivity contribution in [3.8, 4) is 0 Å². The molecule has 0 aliphatic heterocycles. The molecule has 1 aromatic heterocycles. The van der Waals surface area contributed by atoms with Gasteiger partial charge >= 0.3 is 0 Å². The van der Waals surface area contributed by atoms with Crippen LogP contribution in [-0.4, -0.2) is 19.3 Å². The number of benzene rings is 2. The largest absolute Gasteiger partial charge is 0.284 e. The second-order valence-electron chi connectivity index (χ2n) is 5.12. The van der Waals surface area contributed by atoms with E-state index in [1.54, 1.807) is 35.2 Å². The van der Waals surface area contributed by atoms with Gasteiger partial charge in [0, 0.05) is 5.39 Å². The van der Waals surface area contributed by atoms with E-state index in [9.17, 15) is 26.4 Å². The number of hydrogen-bond acceptors (Lipinski definition) is 4. The third kappa shape index (κ3) is 3.37. The molecule has 0 bridgehead atoms. The molecule has 0 unspecified atom stereocenters. The predicted octanol–water partition coefficient (Wildman–Crippen LogP) is 2.28. The highest BCUT2D eigenvalue weighted by atomic mass is 32.2. The summed E-state index contributed by atoms with van der Waals surface area (Å²) in [5.41, 5.74) is 2.25. The quantitative estimate of drug-likeness (QED) is 0.536. The molecule has 26 heavy (non-hydrogen) atoms. The number of carbonyl (C=O) groups is 1. The Morgan fingerprint density at radius 1 is 0.923 bits per heavy atom. The number of para-hydroxylation sites is 1. The van der Waals surface area contributed by atoms with Gasteiger partial charge in [0.05, 0.1) is 5.52 Å². The Labute approximate surface area is 145 Å². The molecule has 0 spiro atoms. The number of pyridine rings is 1. The number of nitrogens with one attached hydrogen (secondary N) is 2. The summed E-state index contributed by atoms with van der Waals surface area (Å²) in [6, 6.07) is 10.9. The maximum atomic E-state index is 13.6. The van der Waals surface area contributed by atoms with E-state index in [1.807, 2.05) is 5.43 Å². The van der Waals surface area contributed by atoms with Crippen LogP contribution in [0, 0.1) is 17.5 Å². The van der Waals surface area contributed by atoms with Gasteiger partial charge in [-0.05, 0) is 24.3 Å². The molecule has 10 heteroatoms. The number of halogens is 3. The minimum atomic E-state index is -4.67. The number of rotatable bonds is 4. The molecule has 0 saturated heterocycles. The van der Waals surface area contributed by atoms with Gasteiger partial charge in [0.2, 0.25) is 0 Å². The van der Waals surface area contributed by atoms with Crippen LogP contribution in [-0.2, 0) is 10.0 Å². The topological polar surface area (TPSA) is 88.2 Å². The first-order chi connectivity index (χ1) is 12.3. The summed E-state index contributed by atoms with van der Waals surface area (Å²) in [6.07, 6.45) is 0. The van der Waals surface area contributed by atoms with Crippen molar-refractivity contribution in [2.75, 3.05) is 0 Å². The molecule has 0 radical (unpaired) electrons. The third-order valence-corrected chi connectivity index (χ3v) is 4.68. The van der Waals surface area contributed by atoms with Crippen molar-refractivity contribution >= 4 is 26.8 Å². The molecule has 3 aromatic rings. The molecule has 134 valence electrons. The van der Waals surface area contributed by atoms with Crippen molar-refractivity contribution in [3.63, 3.8) is 0 Å². The predicted molar refractivity (Wildman–Crippen MR) is 85.8 cm³/mol. The van der Waals surface area contributed by atoms with Crippen LogP contribution in [0.25, 0.3) is 10.9 Å². The van der Waals surface area contributed by atoms with Crippen molar-refractivity contribution < 1.29 is 26.4 Å². The van der Waals surface area contributed by atoms with E-state index in [-0.39, 0.29) is 5.69 Å². The lowest BCUT2D eigenvalue weighted by molar-refractivity contribution is 0.0940. The fraction of sp³-hybridized carbons (Fsp3) is 0. The molecular weight excluding hydrogens is 371 g/mol. The minimum Gasteiger partial charge on any atom is -0.272 e. The average Bonchev–Trinajstić information content (AvgIpc) is 2.63. The fourth-order valence-electron chi connectivity index (χ4n) is 2.14. The molecule has 3 rings (SSSR count). The van der Waals surface area contributed by atoms with Crippen LogP contribution in [0.5, 0.6) is 0 Å². The first-order valence-electron chi connectivity index (χ1n) is 7.11. The lowest BCUT2D eigenvalue weighted by atomic mass is 10.2. The number of sulfonamides is 1. The van der Waals surface area contributed by atoms with Crippen LogP contribution in [0.15, 0.2) is 53.4 Å². The van der Waals surface area contributed by atoms with Gasteiger partial charge in [-0.3, -0.25) is 10.2 Å². The fourth-order valence-corrected chi connectivity index (χ4v) is 3.05. The van der Waals surface area contributed by atoms with Crippen molar-refractivity contribution in [3.05, 3.63) is 71.7 Å². The molecule has 0 aliphatic rings. The number of hydrogen-bond donors (Lipinski definition) is 2. The van der Waals surface area contributed by atoms with Gasteiger partial charge in [0.15, 0.2) is 17.5 Å². The maximum Gasteiger partial charge on any atom is 0.284 e. The normalized spacial score (nSPS) is 11.5. The number of fused-ring (bicyclic) bond motifs is 1. The van der Waals surface area contributed by atoms with E-state index >= 15 is 0 Å². The second kappa shape index (κ2) is 6.73. The van der Waals surface area contributed by atoms with Gasteiger partial charge in [-0.15, -0.1) is 4.83 Å². The summed E-state index contributed by atoms with van der Waals surface area (Å²) >= 11 is 0. The van der Waals surface area contributed by atoms with Gasteiger partial charge < -0.3 is 0 Å². The van der Waals surface area contributed by atoms with Crippen molar-refractivity contribution in [2.45, 2.75) is 4.90 Å². The van der Waals surface area contributed by atoms with E-state index in [0.29, 0.717) is 17.6 Å². The number of amides is 1. The highest BCUT2D eigenvalue weighted by molar-refractivity contribution is 7.89. The Hall–Kier alpha value is -2.98. The van der Waals surface area contributed by atoms with E-state index in [4.69, 9.17) is 0 Å². The van der Waals surface area contributed by atoms with E-state index < -0.39 is 38.3 Å². The monoisotopic (exact) mass is 381 g/mol. The van der Waals surface area contributed by atoms with Gasteiger partial charge in [0.25, 0.3) is 15.9 Å². The maximum absolute atomic E-state index is 13.6. The van der Waals surface area contributed by atoms with Crippen LogP contribution in [0.2, 0.25) is 0 Å². The third-order valence-electron chi connectivity index (χ3n) is 3.42. The van der Waals surface area contributed by atoms with E-state index in [1.165, 1.54) is 6.07 Å². The summed E-state index contributed by atoms with van der Waals surface area (Å²) < 4.78 is 63.7. The Bertz CT molecular complexity index is 1120. The Balaban J connectivity index is 1.80. The van der Waals surface area contributed by atoms with Crippen LogP contribution in [0.4, 0.5) is 13.2 Å². The van der Waals surface area contributed by atoms with Gasteiger partial charge in [-0.25, -0.2) is 26.6 Å². The highest BCUT2D eigenvalue weighted by Crippen LogP contribution is 2.19. The number of hydrazine groups is 1. The van der Waals surface area contributed by atoms with Gasteiger partial charge in [-0.2, -0.15) is 0 Å². The first kappa shape index (κ1) is 17.8. The Kier molecular flexibility index (Phi) is 4.62. The number of aromatic nitrogens is 1. The number of carbonyl (C=O) groups excluding carboxylic acids is 1. The van der Waals surface area contributed by atoms with E-state index in [2.05, 4.69) is 4.98 Å². The van der Waals surface area contributed by atoms with Crippen LogP contribution in [0.1, 0.15) is 10.5 Å². The molecular formula is C16H10F3N3O3S. The van der Waals surface area contributed by atoms with Gasteiger partial charge in [0.1, 0.15) is 10.6 Å².